The Labute approximate surface area is 97.2 Å². The zero-order valence-corrected chi connectivity index (χ0v) is 9.96. The summed E-state index contributed by atoms with van der Waals surface area (Å²) < 4.78 is 1.56. The van der Waals surface area contributed by atoms with Gasteiger partial charge in [-0.15, -0.1) is 11.3 Å². The first-order valence-electron chi connectivity index (χ1n) is 5.35. The highest BCUT2D eigenvalue weighted by Gasteiger charge is 2.07. The smallest absolute Gasteiger partial charge is 0.262 e. The molecular weight excluding hydrogens is 224 g/mol. The van der Waals surface area contributed by atoms with Crippen molar-refractivity contribution in [2.24, 2.45) is 0 Å². The predicted octanol–water partition coefficient (Wildman–Crippen LogP) is 1.40. The van der Waals surface area contributed by atoms with Gasteiger partial charge in [-0.2, -0.15) is 0 Å². The third-order valence-electron chi connectivity index (χ3n) is 2.47. The maximum Gasteiger partial charge on any atom is 0.262 e. The number of rotatable bonds is 4. The van der Waals surface area contributed by atoms with Crippen molar-refractivity contribution in [3.8, 4) is 0 Å². The Bertz CT molecular complexity index is 544. The first-order chi connectivity index (χ1) is 7.76. The molecule has 5 heteroatoms. The Balaban J connectivity index is 2.47. The third kappa shape index (κ3) is 2.01. The van der Waals surface area contributed by atoms with Gasteiger partial charge in [-0.25, -0.2) is 4.98 Å². The van der Waals surface area contributed by atoms with E-state index in [4.69, 9.17) is 5.11 Å². The van der Waals surface area contributed by atoms with Gasteiger partial charge in [0.05, 0.1) is 11.7 Å². The molecule has 0 aromatic carbocycles. The van der Waals surface area contributed by atoms with Gasteiger partial charge in [-0.05, 0) is 18.9 Å². The highest BCUT2D eigenvalue weighted by atomic mass is 32.1. The molecule has 2 heterocycles. The first kappa shape index (κ1) is 11.3. The van der Waals surface area contributed by atoms with Crippen LogP contribution in [0.25, 0.3) is 10.2 Å². The molecule has 86 valence electrons. The van der Waals surface area contributed by atoms with E-state index in [-0.39, 0.29) is 12.2 Å². The van der Waals surface area contributed by atoms with E-state index in [1.165, 1.54) is 4.88 Å². The first-order valence-corrected chi connectivity index (χ1v) is 6.16. The summed E-state index contributed by atoms with van der Waals surface area (Å²) in [6, 6.07) is 1.92. The maximum absolute atomic E-state index is 12.0. The van der Waals surface area contributed by atoms with E-state index in [9.17, 15) is 4.79 Å². The van der Waals surface area contributed by atoms with Crippen molar-refractivity contribution in [1.29, 1.82) is 0 Å². The molecule has 0 spiro atoms. The number of thiophene rings is 1. The Hall–Kier alpha value is -1.20. The van der Waals surface area contributed by atoms with Gasteiger partial charge in [0.15, 0.2) is 0 Å². The lowest BCUT2D eigenvalue weighted by molar-refractivity contribution is 0.279. The van der Waals surface area contributed by atoms with Gasteiger partial charge in [0.2, 0.25) is 0 Å². The van der Waals surface area contributed by atoms with Gasteiger partial charge < -0.3 is 5.11 Å². The number of fused-ring (bicyclic) bond motifs is 1. The second-order valence-corrected chi connectivity index (χ2v) is 4.72. The number of aryl methyl sites for hydroxylation is 2. The van der Waals surface area contributed by atoms with E-state index < -0.39 is 0 Å². The normalized spacial score (nSPS) is 11.1. The number of hydrogen-bond acceptors (Lipinski definition) is 4. The summed E-state index contributed by atoms with van der Waals surface area (Å²) in [6.07, 6.45) is 3.07. The molecule has 0 unspecified atom stereocenters. The van der Waals surface area contributed by atoms with Crippen molar-refractivity contribution in [3.63, 3.8) is 0 Å². The van der Waals surface area contributed by atoms with Crippen LogP contribution in [0, 0.1) is 0 Å². The SMILES string of the molecule is CCc1cc2c(=O)n(CCCO)cnc2s1. The molecule has 1 N–H and O–H groups in total. The van der Waals surface area contributed by atoms with E-state index in [2.05, 4.69) is 11.9 Å². The molecule has 0 atom stereocenters. The molecule has 0 saturated heterocycles. The van der Waals surface area contributed by atoms with Crippen LogP contribution in [0.1, 0.15) is 18.2 Å². The molecule has 0 bridgehead atoms. The molecule has 0 radical (unpaired) electrons. The summed E-state index contributed by atoms with van der Waals surface area (Å²) in [6.45, 7) is 2.68. The average molecular weight is 238 g/mol. The van der Waals surface area contributed by atoms with Crippen molar-refractivity contribution >= 4 is 21.6 Å². The second kappa shape index (κ2) is 4.76. The van der Waals surface area contributed by atoms with Crippen molar-refractivity contribution < 1.29 is 5.11 Å². The summed E-state index contributed by atoms with van der Waals surface area (Å²) in [7, 11) is 0. The largest absolute Gasteiger partial charge is 0.396 e. The Kier molecular flexibility index (Phi) is 3.36. The summed E-state index contributed by atoms with van der Waals surface area (Å²) in [4.78, 5) is 18.3. The van der Waals surface area contributed by atoms with Crippen LogP contribution in [0.3, 0.4) is 0 Å². The van der Waals surface area contributed by atoms with Crippen molar-refractivity contribution in [1.82, 2.24) is 9.55 Å². The Morgan fingerprint density at radius 2 is 2.38 bits per heavy atom. The minimum absolute atomic E-state index is 0.00519. The molecule has 2 rings (SSSR count). The van der Waals surface area contributed by atoms with E-state index >= 15 is 0 Å². The molecule has 16 heavy (non-hydrogen) atoms. The lowest BCUT2D eigenvalue weighted by Crippen LogP contribution is -2.20. The Morgan fingerprint density at radius 3 is 3.06 bits per heavy atom. The molecule has 0 fully saturated rings. The minimum atomic E-state index is -0.00519. The van der Waals surface area contributed by atoms with Crippen LogP contribution >= 0.6 is 11.3 Å². The number of aliphatic hydroxyl groups is 1. The molecular formula is C11H14N2O2S. The fourth-order valence-corrected chi connectivity index (χ4v) is 2.51. The summed E-state index contributed by atoms with van der Waals surface area (Å²) in [5.41, 5.74) is -0.00519. The van der Waals surface area contributed by atoms with Gasteiger partial charge >= 0.3 is 0 Å². The van der Waals surface area contributed by atoms with Gasteiger partial charge in [0.25, 0.3) is 5.56 Å². The van der Waals surface area contributed by atoms with Crippen molar-refractivity contribution in [2.75, 3.05) is 6.61 Å². The highest BCUT2D eigenvalue weighted by Crippen LogP contribution is 2.20. The van der Waals surface area contributed by atoms with Crippen LogP contribution in [0.2, 0.25) is 0 Å². The van der Waals surface area contributed by atoms with Crippen LogP contribution in [-0.2, 0) is 13.0 Å². The molecule has 4 nitrogen and oxygen atoms in total. The summed E-state index contributed by atoms with van der Waals surface area (Å²) in [5, 5.41) is 9.44. The molecule has 0 aliphatic rings. The van der Waals surface area contributed by atoms with Gasteiger partial charge in [-0.1, -0.05) is 6.92 Å². The average Bonchev–Trinajstić information content (AvgIpc) is 2.72. The zero-order chi connectivity index (χ0) is 11.5. The van der Waals surface area contributed by atoms with Gasteiger partial charge in [0.1, 0.15) is 4.83 Å². The van der Waals surface area contributed by atoms with Crippen LogP contribution in [-0.4, -0.2) is 21.3 Å². The van der Waals surface area contributed by atoms with Crippen LogP contribution < -0.4 is 5.56 Å². The summed E-state index contributed by atoms with van der Waals surface area (Å²) in [5.74, 6) is 0. The lowest BCUT2D eigenvalue weighted by Gasteiger charge is -2.02. The van der Waals surface area contributed by atoms with E-state index in [1.807, 2.05) is 6.07 Å². The van der Waals surface area contributed by atoms with E-state index in [1.54, 1.807) is 22.2 Å². The van der Waals surface area contributed by atoms with Crippen LogP contribution in [0.4, 0.5) is 0 Å². The van der Waals surface area contributed by atoms with Gasteiger partial charge in [-0.3, -0.25) is 9.36 Å². The second-order valence-electron chi connectivity index (χ2n) is 3.61. The summed E-state index contributed by atoms with van der Waals surface area (Å²) >= 11 is 1.57. The number of hydrogen-bond donors (Lipinski definition) is 1. The quantitative estimate of drug-likeness (QED) is 0.876. The lowest BCUT2D eigenvalue weighted by atomic mass is 10.3. The number of aliphatic hydroxyl groups excluding tert-OH is 1. The minimum Gasteiger partial charge on any atom is -0.396 e. The fraction of sp³-hybridized carbons (Fsp3) is 0.455. The number of nitrogens with zero attached hydrogens (tertiary/aromatic N) is 2. The van der Waals surface area contributed by atoms with Crippen molar-refractivity contribution in [3.05, 3.63) is 27.6 Å². The molecule has 0 aliphatic carbocycles. The third-order valence-corrected chi connectivity index (χ3v) is 3.66. The Morgan fingerprint density at radius 1 is 1.56 bits per heavy atom. The fourth-order valence-electron chi connectivity index (χ4n) is 1.58. The van der Waals surface area contributed by atoms with Crippen LogP contribution in [0.15, 0.2) is 17.2 Å². The molecule has 2 aromatic heterocycles. The predicted molar refractivity (Wildman–Crippen MR) is 65.0 cm³/mol. The number of aromatic nitrogens is 2. The molecule has 0 amide bonds. The topological polar surface area (TPSA) is 55.1 Å². The monoisotopic (exact) mass is 238 g/mol. The highest BCUT2D eigenvalue weighted by molar-refractivity contribution is 7.18. The molecule has 2 aromatic rings. The maximum atomic E-state index is 12.0. The van der Waals surface area contributed by atoms with E-state index in [0.29, 0.717) is 18.4 Å². The van der Waals surface area contributed by atoms with Gasteiger partial charge in [0, 0.05) is 18.0 Å². The molecule has 0 saturated carbocycles. The van der Waals surface area contributed by atoms with Crippen LogP contribution in [0.5, 0.6) is 0 Å². The van der Waals surface area contributed by atoms with Crippen molar-refractivity contribution in [2.45, 2.75) is 26.3 Å². The standard InChI is InChI=1S/C11H14N2O2S/c1-2-8-6-9-10(16-8)12-7-13(11(9)15)4-3-5-14/h6-7,14H,2-5H2,1H3. The molecule has 0 aliphatic heterocycles. The van der Waals surface area contributed by atoms with E-state index in [0.717, 1.165) is 11.3 Å². The zero-order valence-electron chi connectivity index (χ0n) is 9.14.